The van der Waals surface area contributed by atoms with Gasteiger partial charge in [-0.15, -0.1) is 0 Å². The highest BCUT2D eigenvalue weighted by Gasteiger charge is 2.68. The van der Waals surface area contributed by atoms with Gasteiger partial charge in [-0.05, 0) is 6.07 Å². The number of carbonyl (C=O) groups is 4. The summed E-state index contributed by atoms with van der Waals surface area (Å²) in [6.45, 7) is 0. The second-order valence-corrected chi connectivity index (χ2v) is 12.9. The summed E-state index contributed by atoms with van der Waals surface area (Å²) in [6, 6.07) is 17.6. The number of alkyl halides is 9. The smallest absolute Gasteiger partial charge is 0.432 e. The quantitative estimate of drug-likeness (QED) is 0.0898. The molecule has 0 radical (unpaired) electrons. The molecule has 4 aromatic rings. The first-order chi connectivity index (χ1) is 28.1. The molecule has 0 bridgehead atoms. The van der Waals surface area contributed by atoms with Gasteiger partial charge in [0.25, 0.3) is 16.8 Å². The molecule has 0 amide bonds. The van der Waals surface area contributed by atoms with E-state index < -0.39 is 111 Å². The average molecular weight is 859 g/mol. The van der Waals surface area contributed by atoms with Crippen molar-refractivity contribution in [3.05, 3.63) is 137 Å². The van der Waals surface area contributed by atoms with Crippen molar-refractivity contribution in [1.82, 2.24) is 0 Å². The van der Waals surface area contributed by atoms with Crippen LogP contribution in [0.15, 0.2) is 109 Å². The number of esters is 3. The van der Waals surface area contributed by atoms with Gasteiger partial charge in [-0.3, -0.25) is 4.79 Å². The Kier molecular flexibility index (Phi) is 12.6. The first-order valence-electron chi connectivity index (χ1n) is 17.1. The lowest BCUT2D eigenvalue weighted by molar-refractivity contribution is -0.282. The lowest BCUT2D eigenvalue weighted by Gasteiger charge is -2.39. The molecular weight excluding hydrogens is 827 g/mol. The van der Waals surface area contributed by atoms with Gasteiger partial charge >= 0.3 is 36.4 Å². The van der Waals surface area contributed by atoms with Crippen LogP contribution in [0.4, 0.5) is 39.5 Å². The highest BCUT2D eigenvalue weighted by molar-refractivity contribution is 6.07. The molecule has 4 aromatic carbocycles. The molecule has 0 unspecified atom stereocenters. The predicted molar refractivity (Wildman–Crippen MR) is 185 cm³/mol. The third kappa shape index (κ3) is 7.37. The zero-order valence-electron chi connectivity index (χ0n) is 31.1. The highest BCUT2D eigenvalue weighted by Crippen LogP contribution is 2.49. The monoisotopic (exact) mass is 858 g/mol. The second kappa shape index (κ2) is 16.7. The fourth-order valence-corrected chi connectivity index (χ4v) is 6.76. The molecule has 1 aliphatic carbocycles. The summed E-state index contributed by atoms with van der Waals surface area (Å²) in [6.07, 6.45) is -25.4. The van der Waals surface area contributed by atoms with Crippen molar-refractivity contribution < 1.29 is 92.2 Å². The molecule has 11 nitrogen and oxygen atoms in total. The Hall–Kier alpha value is -5.83. The summed E-state index contributed by atoms with van der Waals surface area (Å²) in [5.41, 5.74) is -16.6. The van der Waals surface area contributed by atoms with E-state index in [1.54, 1.807) is 0 Å². The Morgan fingerprint density at radius 1 is 0.500 bits per heavy atom. The number of rotatable bonds is 12. The number of Topliss-reactive ketones (excluding diaryl/α,β-unsaturated/α-hetero) is 1. The SMILES string of the molecule is CO[C@](C(=O)Oc1cccc2c1C(=O)[C@H](OC(=O)[C@@](OC)(c1ccccc1)C(F)(F)F)[C@@H](O)[C@H]2OC(=O)[C@@](OC)(c1ccccc1)C(F)(F)F)(c1ccccc1)C(F)(F)F. The van der Waals surface area contributed by atoms with Crippen molar-refractivity contribution in [3.8, 4) is 5.75 Å². The van der Waals surface area contributed by atoms with Crippen LogP contribution < -0.4 is 4.74 Å². The van der Waals surface area contributed by atoms with Gasteiger partial charge in [0, 0.05) is 43.6 Å². The first kappa shape index (κ1) is 45.3. The van der Waals surface area contributed by atoms with E-state index in [9.17, 15) is 63.8 Å². The van der Waals surface area contributed by atoms with E-state index in [0.29, 0.717) is 27.4 Å². The van der Waals surface area contributed by atoms with E-state index in [1.807, 2.05) is 0 Å². The molecule has 0 spiro atoms. The van der Waals surface area contributed by atoms with Gasteiger partial charge < -0.3 is 33.5 Å². The van der Waals surface area contributed by atoms with E-state index in [4.69, 9.17) is 23.7 Å². The number of carbonyl (C=O) groups excluding carboxylic acids is 4. The minimum atomic E-state index is -5.69. The van der Waals surface area contributed by atoms with Crippen LogP contribution in [0.3, 0.4) is 0 Å². The fraction of sp³-hybridized carbons (Fsp3) is 0.300. The number of hydrogen-bond donors (Lipinski definition) is 1. The van der Waals surface area contributed by atoms with E-state index in [-0.39, 0.29) is 0 Å². The summed E-state index contributed by atoms with van der Waals surface area (Å²) >= 11 is 0. The molecule has 6 atom stereocenters. The summed E-state index contributed by atoms with van der Waals surface area (Å²) in [5, 5.41) is 11.6. The molecular formula is C40H31F9O11. The Bertz CT molecular complexity index is 2200. The highest BCUT2D eigenvalue weighted by atomic mass is 19.4. The first-order valence-corrected chi connectivity index (χ1v) is 17.1. The third-order valence-corrected chi connectivity index (χ3v) is 9.68. The Morgan fingerprint density at radius 2 is 0.850 bits per heavy atom. The molecule has 0 heterocycles. The van der Waals surface area contributed by atoms with Gasteiger partial charge in [0.15, 0.2) is 12.2 Å². The lowest BCUT2D eigenvalue weighted by atomic mass is 9.83. The molecule has 20 heteroatoms. The van der Waals surface area contributed by atoms with Crippen LogP contribution in [0.5, 0.6) is 5.75 Å². The maximum atomic E-state index is 14.9. The van der Waals surface area contributed by atoms with Crippen molar-refractivity contribution in [2.45, 2.75) is 53.6 Å². The third-order valence-electron chi connectivity index (χ3n) is 9.68. The largest absolute Gasteiger partial charge is 0.452 e. The van der Waals surface area contributed by atoms with Crippen LogP contribution in [-0.4, -0.2) is 80.9 Å². The molecule has 5 rings (SSSR count). The number of methoxy groups -OCH3 is 3. The summed E-state index contributed by atoms with van der Waals surface area (Å²) in [7, 11) is 1.41. The maximum absolute atomic E-state index is 14.9. The van der Waals surface area contributed by atoms with Crippen molar-refractivity contribution in [1.29, 1.82) is 0 Å². The van der Waals surface area contributed by atoms with Crippen molar-refractivity contribution in [3.63, 3.8) is 0 Å². The molecule has 1 N–H and O–H groups in total. The molecule has 0 fully saturated rings. The predicted octanol–water partition coefficient (Wildman–Crippen LogP) is 6.96. The van der Waals surface area contributed by atoms with Crippen molar-refractivity contribution in [2.75, 3.05) is 21.3 Å². The molecule has 0 aromatic heterocycles. The van der Waals surface area contributed by atoms with Crippen LogP contribution in [-0.2, 0) is 54.9 Å². The van der Waals surface area contributed by atoms with Crippen LogP contribution in [0, 0.1) is 0 Å². The van der Waals surface area contributed by atoms with Gasteiger partial charge in [-0.25, -0.2) is 14.4 Å². The van der Waals surface area contributed by atoms with Crippen LogP contribution in [0.25, 0.3) is 0 Å². The fourth-order valence-electron chi connectivity index (χ4n) is 6.76. The van der Waals surface area contributed by atoms with E-state index in [0.717, 1.165) is 84.9 Å². The van der Waals surface area contributed by atoms with Gasteiger partial charge in [0.05, 0.1) is 5.56 Å². The summed E-state index contributed by atoms with van der Waals surface area (Å²) < 4.78 is 163. The van der Waals surface area contributed by atoms with Crippen molar-refractivity contribution in [2.24, 2.45) is 0 Å². The number of fused-ring (bicyclic) bond motifs is 1. The number of benzene rings is 4. The Balaban J connectivity index is 1.71. The standard InChI is InChI=1S/C40H31F9O11/c1-55-35(38(41,42)43,22-14-7-4-8-15-22)32(52)58-26-21-13-20-25-27(26)28(50)31(60-34(54)37(57-3,40(47,48)49)24-18-11-6-12-19-24)29(51)30(25)59-33(53)36(56-2,39(44,45)46)23-16-9-5-10-17-23/h4-21,29-31,51H,1-3H3/t29-,30-,31-,35-,36-,37-/m0/s1. The van der Waals surface area contributed by atoms with E-state index >= 15 is 0 Å². The molecule has 1 aliphatic rings. The topological polar surface area (TPSA) is 144 Å². The van der Waals surface area contributed by atoms with E-state index in [2.05, 4.69) is 4.74 Å². The molecule has 0 aliphatic heterocycles. The number of aliphatic hydroxyl groups is 1. The molecule has 320 valence electrons. The second-order valence-electron chi connectivity index (χ2n) is 12.9. The number of ketones is 1. The number of ether oxygens (including phenoxy) is 6. The van der Waals surface area contributed by atoms with E-state index in [1.165, 1.54) is 18.2 Å². The minimum absolute atomic E-state index is 0.443. The number of aliphatic hydroxyl groups excluding tert-OH is 1. The number of hydrogen-bond acceptors (Lipinski definition) is 11. The zero-order chi connectivity index (χ0) is 44.5. The zero-order valence-corrected chi connectivity index (χ0v) is 31.1. The molecule has 0 saturated heterocycles. The number of halogens is 9. The summed E-state index contributed by atoms with van der Waals surface area (Å²) in [4.78, 5) is 55.5. The minimum Gasteiger partial charge on any atom is -0.452 e. The normalized spacial score (nSPS) is 20.1. The average Bonchev–Trinajstić information content (AvgIpc) is 3.19. The van der Waals surface area contributed by atoms with Gasteiger partial charge in [0.2, 0.25) is 5.78 Å². The van der Waals surface area contributed by atoms with Crippen LogP contribution >= 0.6 is 0 Å². The lowest BCUT2D eigenvalue weighted by Crippen LogP contribution is -2.57. The summed E-state index contributed by atoms with van der Waals surface area (Å²) in [5.74, 6) is -9.99. The Morgan fingerprint density at radius 3 is 1.20 bits per heavy atom. The van der Waals surface area contributed by atoms with Gasteiger partial charge in [-0.2, -0.15) is 39.5 Å². The Labute approximate surface area is 333 Å². The molecule has 60 heavy (non-hydrogen) atoms. The maximum Gasteiger partial charge on any atom is 0.432 e. The van der Waals surface area contributed by atoms with Crippen LogP contribution in [0.1, 0.15) is 38.7 Å². The van der Waals surface area contributed by atoms with Gasteiger partial charge in [-0.1, -0.05) is 103 Å². The van der Waals surface area contributed by atoms with Crippen LogP contribution in [0.2, 0.25) is 0 Å². The molecule has 0 saturated carbocycles. The van der Waals surface area contributed by atoms with Crippen molar-refractivity contribution >= 4 is 23.7 Å². The van der Waals surface area contributed by atoms with Gasteiger partial charge in [0.1, 0.15) is 11.9 Å².